The maximum atomic E-state index is 12.6. The van der Waals surface area contributed by atoms with Crippen LogP contribution in [0.4, 0.5) is 0 Å². The molecule has 112 valence electrons. The molecule has 0 fully saturated rings. The van der Waals surface area contributed by atoms with Crippen molar-refractivity contribution >= 4 is 17.1 Å². The number of fused-ring (bicyclic) bond motifs is 2. The highest BCUT2D eigenvalue weighted by Crippen LogP contribution is 2.17. The Morgan fingerprint density at radius 2 is 2.45 bits per heavy atom. The zero-order chi connectivity index (χ0) is 15.1. The van der Waals surface area contributed by atoms with E-state index < -0.39 is 0 Å². The molecule has 4 heterocycles. The normalized spacial score (nSPS) is 16.9. The van der Waals surface area contributed by atoms with Crippen LogP contribution in [0.15, 0.2) is 24.8 Å². The summed E-state index contributed by atoms with van der Waals surface area (Å²) in [7, 11) is 0. The number of aromatic nitrogens is 5. The number of pyridine rings is 1. The van der Waals surface area contributed by atoms with Gasteiger partial charge in [-0.1, -0.05) is 6.92 Å². The van der Waals surface area contributed by atoms with E-state index in [1.165, 1.54) is 0 Å². The third-order valence-corrected chi connectivity index (χ3v) is 4.03. The zero-order valence-corrected chi connectivity index (χ0v) is 12.2. The summed E-state index contributed by atoms with van der Waals surface area (Å²) >= 11 is 0. The van der Waals surface area contributed by atoms with Gasteiger partial charge in [0, 0.05) is 37.5 Å². The molecule has 4 rings (SSSR count). The molecular weight excluding hydrogens is 280 g/mol. The van der Waals surface area contributed by atoms with Crippen molar-refractivity contribution in [3.05, 3.63) is 41.9 Å². The minimum atomic E-state index is -0.0950. The number of hydrogen-bond donors (Lipinski definition) is 2. The Kier molecular flexibility index (Phi) is 2.92. The van der Waals surface area contributed by atoms with Crippen LogP contribution in [-0.4, -0.2) is 36.5 Å². The van der Waals surface area contributed by atoms with Crippen LogP contribution in [-0.2, 0) is 19.4 Å². The molecule has 7 nitrogen and oxygen atoms in total. The van der Waals surface area contributed by atoms with E-state index in [1.807, 2.05) is 13.1 Å². The van der Waals surface area contributed by atoms with Gasteiger partial charge in [-0.3, -0.25) is 4.79 Å². The van der Waals surface area contributed by atoms with Crippen LogP contribution in [0.2, 0.25) is 0 Å². The molecule has 1 aliphatic rings. The van der Waals surface area contributed by atoms with Crippen LogP contribution < -0.4 is 5.32 Å². The van der Waals surface area contributed by atoms with E-state index in [9.17, 15) is 4.79 Å². The van der Waals surface area contributed by atoms with Gasteiger partial charge in [0.2, 0.25) is 0 Å². The monoisotopic (exact) mass is 296 g/mol. The minimum absolute atomic E-state index is 0.0950. The van der Waals surface area contributed by atoms with Gasteiger partial charge in [-0.25, -0.2) is 15.0 Å². The zero-order valence-electron chi connectivity index (χ0n) is 12.2. The highest BCUT2D eigenvalue weighted by Gasteiger charge is 2.24. The van der Waals surface area contributed by atoms with Gasteiger partial charge >= 0.3 is 0 Å². The summed E-state index contributed by atoms with van der Waals surface area (Å²) in [6, 6.07) is 1.83. The van der Waals surface area contributed by atoms with Crippen molar-refractivity contribution in [3.8, 4) is 0 Å². The number of rotatable bonds is 3. The van der Waals surface area contributed by atoms with Crippen molar-refractivity contribution in [1.29, 1.82) is 0 Å². The molecule has 3 aromatic heterocycles. The molecule has 0 aromatic carbocycles. The molecule has 0 saturated carbocycles. The number of hydrogen-bond acceptors (Lipinski definition) is 4. The van der Waals surface area contributed by atoms with E-state index in [0.717, 1.165) is 30.9 Å². The molecular formula is C15H16N6O. The first-order valence-electron chi connectivity index (χ1n) is 7.38. The first-order valence-corrected chi connectivity index (χ1v) is 7.38. The van der Waals surface area contributed by atoms with Crippen LogP contribution in [0.3, 0.4) is 0 Å². The summed E-state index contributed by atoms with van der Waals surface area (Å²) in [6.45, 7) is 2.77. The molecule has 0 radical (unpaired) electrons. The second-order valence-electron chi connectivity index (χ2n) is 5.51. The summed E-state index contributed by atoms with van der Waals surface area (Å²) in [5.41, 5.74) is 3.04. The van der Waals surface area contributed by atoms with Gasteiger partial charge in [0.15, 0.2) is 5.65 Å². The number of carbonyl (C=O) groups is 1. The maximum Gasteiger partial charge on any atom is 0.253 e. The fraction of sp³-hybridized carbons (Fsp3) is 0.333. The second-order valence-corrected chi connectivity index (χ2v) is 5.51. The Labute approximate surface area is 126 Å². The van der Waals surface area contributed by atoms with Gasteiger partial charge in [-0.2, -0.15) is 0 Å². The number of aryl methyl sites for hydroxylation is 1. The smallest absolute Gasteiger partial charge is 0.253 e. The van der Waals surface area contributed by atoms with Crippen LogP contribution in [0, 0.1) is 0 Å². The summed E-state index contributed by atoms with van der Waals surface area (Å²) in [4.78, 5) is 28.4. The fourth-order valence-corrected chi connectivity index (χ4v) is 2.91. The topological polar surface area (TPSA) is 88.5 Å². The minimum Gasteiger partial charge on any atom is -0.347 e. The van der Waals surface area contributed by atoms with Gasteiger partial charge in [0.05, 0.1) is 23.4 Å². The lowest BCUT2D eigenvalue weighted by Gasteiger charge is -2.12. The Hall–Kier alpha value is -2.70. The molecule has 7 heteroatoms. The Bertz CT molecular complexity index is 828. The van der Waals surface area contributed by atoms with Crippen LogP contribution in [0.25, 0.3) is 11.2 Å². The molecule has 1 unspecified atom stereocenters. The van der Waals surface area contributed by atoms with Crippen molar-refractivity contribution < 1.29 is 4.79 Å². The highest BCUT2D eigenvalue weighted by atomic mass is 16.1. The maximum absolute atomic E-state index is 12.6. The number of nitrogens with zero attached hydrogens (tertiary/aromatic N) is 4. The van der Waals surface area contributed by atoms with Gasteiger partial charge in [0.25, 0.3) is 5.91 Å². The molecule has 3 aromatic rings. The van der Waals surface area contributed by atoms with Crippen molar-refractivity contribution in [1.82, 2.24) is 29.8 Å². The first kappa shape index (κ1) is 13.0. The number of nitrogens with one attached hydrogen (secondary N) is 2. The van der Waals surface area contributed by atoms with E-state index in [0.29, 0.717) is 16.7 Å². The summed E-state index contributed by atoms with van der Waals surface area (Å²) < 4.78 is 2.07. The van der Waals surface area contributed by atoms with E-state index in [4.69, 9.17) is 0 Å². The molecule has 1 atom stereocenters. The number of aromatic amines is 1. The molecule has 22 heavy (non-hydrogen) atoms. The van der Waals surface area contributed by atoms with Crippen LogP contribution >= 0.6 is 0 Å². The molecule has 2 N–H and O–H groups in total. The molecule has 0 bridgehead atoms. The standard InChI is InChI=1S/C15H16N6O/c1-2-12-19-13-11(3-4-17-14(13)20-12)15(22)18-9-5-10-6-16-8-21(10)7-9/h3-4,6,8-9H,2,5,7H2,1H3,(H,18,22)(H,17,19,20). The average molecular weight is 296 g/mol. The van der Waals surface area contributed by atoms with Crippen molar-refractivity contribution in [2.75, 3.05) is 0 Å². The van der Waals surface area contributed by atoms with E-state index >= 15 is 0 Å². The van der Waals surface area contributed by atoms with E-state index in [-0.39, 0.29) is 11.9 Å². The highest BCUT2D eigenvalue weighted by molar-refractivity contribution is 6.04. The molecule has 0 saturated heterocycles. The summed E-state index contributed by atoms with van der Waals surface area (Å²) in [5, 5.41) is 3.08. The van der Waals surface area contributed by atoms with Gasteiger partial charge < -0.3 is 14.9 Å². The lowest BCUT2D eigenvalue weighted by atomic mass is 10.2. The van der Waals surface area contributed by atoms with Gasteiger partial charge in [-0.05, 0) is 6.07 Å². The molecule has 1 aliphatic heterocycles. The molecule has 0 spiro atoms. The van der Waals surface area contributed by atoms with Crippen LogP contribution in [0.5, 0.6) is 0 Å². The molecule has 0 aliphatic carbocycles. The SMILES string of the molecule is CCc1nc2nccc(C(=O)NC3Cc4cncn4C3)c2[nH]1. The van der Waals surface area contributed by atoms with E-state index in [1.54, 1.807) is 18.6 Å². The quantitative estimate of drug-likeness (QED) is 0.756. The average Bonchev–Trinajstić information content (AvgIpc) is 3.19. The van der Waals surface area contributed by atoms with Crippen molar-refractivity contribution in [2.45, 2.75) is 32.4 Å². The lowest BCUT2D eigenvalue weighted by Crippen LogP contribution is -2.36. The number of H-pyrrole nitrogens is 1. The second kappa shape index (κ2) is 4.94. The largest absolute Gasteiger partial charge is 0.347 e. The van der Waals surface area contributed by atoms with Gasteiger partial charge in [-0.15, -0.1) is 0 Å². The van der Waals surface area contributed by atoms with Crippen molar-refractivity contribution in [3.63, 3.8) is 0 Å². The van der Waals surface area contributed by atoms with Gasteiger partial charge in [0.1, 0.15) is 5.82 Å². The predicted molar refractivity (Wildman–Crippen MR) is 80.5 cm³/mol. The fourth-order valence-electron chi connectivity index (χ4n) is 2.91. The lowest BCUT2D eigenvalue weighted by molar-refractivity contribution is 0.0938. The number of imidazole rings is 2. The summed E-state index contributed by atoms with van der Waals surface area (Å²) in [6.07, 6.45) is 6.86. The Morgan fingerprint density at radius 3 is 3.27 bits per heavy atom. The Morgan fingerprint density at radius 1 is 1.55 bits per heavy atom. The van der Waals surface area contributed by atoms with Crippen molar-refractivity contribution in [2.24, 2.45) is 0 Å². The third kappa shape index (κ3) is 2.05. The first-order chi connectivity index (χ1) is 10.7. The number of amides is 1. The third-order valence-electron chi connectivity index (χ3n) is 4.03. The summed E-state index contributed by atoms with van der Waals surface area (Å²) in [5.74, 6) is 0.744. The Balaban J connectivity index is 1.58. The van der Waals surface area contributed by atoms with Crippen LogP contribution in [0.1, 0.15) is 28.8 Å². The molecule has 1 amide bonds. The predicted octanol–water partition coefficient (Wildman–Crippen LogP) is 1.07. The van der Waals surface area contributed by atoms with E-state index in [2.05, 4.69) is 29.8 Å². The number of carbonyl (C=O) groups excluding carboxylic acids is 1.